The number of hydrogen-bond acceptors (Lipinski definition) is 1. The molecule has 0 bridgehead atoms. The largest absolute Gasteiger partial charge is 0.360 e. The van der Waals surface area contributed by atoms with Gasteiger partial charge in [-0.25, -0.2) is 0 Å². The van der Waals surface area contributed by atoms with E-state index in [2.05, 4.69) is 4.98 Å². The molecular formula is C14H17NO. The molecule has 2 heteroatoms. The van der Waals surface area contributed by atoms with E-state index < -0.39 is 0 Å². The Balaban J connectivity index is 2.64. The van der Waals surface area contributed by atoms with Crippen molar-refractivity contribution in [2.24, 2.45) is 5.41 Å². The Morgan fingerprint density at radius 1 is 1.25 bits per heavy atom. The van der Waals surface area contributed by atoms with E-state index in [9.17, 15) is 4.79 Å². The van der Waals surface area contributed by atoms with Crippen molar-refractivity contribution in [1.29, 1.82) is 0 Å². The lowest BCUT2D eigenvalue weighted by atomic mass is 9.86. The molecule has 0 aliphatic heterocycles. The molecule has 0 saturated carbocycles. The number of benzene rings is 1. The molecule has 0 amide bonds. The minimum absolute atomic E-state index is 0.185. The molecule has 16 heavy (non-hydrogen) atoms. The van der Waals surface area contributed by atoms with Crippen molar-refractivity contribution in [3.05, 3.63) is 35.5 Å². The maximum absolute atomic E-state index is 12.2. The van der Waals surface area contributed by atoms with Crippen LogP contribution in [0.1, 0.15) is 36.7 Å². The summed E-state index contributed by atoms with van der Waals surface area (Å²) in [5.74, 6) is 0.185. The van der Waals surface area contributed by atoms with Gasteiger partial charge < -0.3 is 4.98 Å². The Hall–Kier alpha value is -1.57. The Bertz CT molecular complexity index is 543. The molecule has 1 aromatic heterocycles. The Labute approximate surface area is 95.7 Å². The van der Waals surface area contributed by atoms with Gasteiger partial charge in [-0.2, -0.15) is 0 Å². The lowest BCUT2D eigenvalue weighted by molar-refractivity contribution is 0.0860. The first-order valence-corrected chi connectivity index (χ1v) is 5.53. The summed E-state index contributed by atoms with van der Waals surface area (Å²) >= 11 is 0. The summed E-state index contributed by atoms with van der Waals surface area (Å²) in [5.41, 5.74) is 2.70. The minimum Gasteiger partial charge on any atom is -0.360 e. The van der Waals surface area contributed by atoms with Gasteiger partial charge in [-0.1, -0.05) is 39.0 Å². The standard InChI is InChI=1S/C14H17NO/c1-9-6-5-7-10-11(8-15-12(9)10)13(16)14(2,3)4/h5-8,15H,1-4H3. The normalized spacial score (nSPS) is 12.0. The number of para-hydroxylation sites is 1. The van der Waals surface area contributed by atoms with Crippen LogP contribution in [0.2, 0.25) is 0 Å². The Kier molecular flexibility index (Phi) is 2.38. The van der Waals surface area contributed by atoms with Gasteiger partial charge in [0.2, 0.25) is 0 Å². The highest BCUT2D eigenvalue weighted by Gasteiger charge is 2.25. The minimum atomic E-state index is -0.334. The molecule has 1 N–H and O–H groups in total. The fourth-order valence-corrected chi connectivity index (χ4v) is 1.90. The van der Waals surface area contributed by atoms with Gasteiger partial charge >= 0.3 is 0 Å². The van der Waals surface area contributed by atoms with E-state index >= 15 is 0 Å². The van der Waals surface area contributed by atoms with Crippen LogP contribution in [0.5, 0.6) is 0 Å². The number of aromatic nitrogens is 1. The quantitative estimate of drug-likeness (QED) is 0.723. The third-order valence-electron chi connectivity index (χ3n) is 2.85. The molecule has 0 aliphatic carbocycles. The SMILES string of the molecule is Cc1cccc2c(C(=O)C(C)(C)C)c[nH]c12. The van der Waals surface area contributed by atoms with E-state index in [4.69, 9.17) is 0 Å². The van der Waals surface area contributed by atoms with Gasteiger partial charge in [0.1, 0.15) is 0 Å². The third kappa shape index (κ3) is 1.64. The summed E-state index contributed by atoms with van der Waals surface area (Å²) in [6, 6.07) is 6.03. The number of carbonyl (C=O) groups excluding carboxylic acids is 1. The van der Waals surface area contributed by atoms with Gasteiger partial charge in [0.15, 0.2) is 5.78 Å². The zero-order chi connectivity index (χ0) is 11.9. The summed E-state index contributed by atoms with van der Waals surface area (Å²) < 4.78 is 0. The summed E-state index contributed by atoms with van der Waals surface area (Å²) in [6.45, 7) is 7.89. The second kappa shape index (κ2) is 3.48. The van der Waals surface area contributed by atoms with Crippen LogP contribution >= 0.6 is 0 Å². The number of ketones is 1. The van der Waals surface area contributed by atoms with Crippen LogP contribution in [-0.4, -0.2) is 10.8 Å². The molecule has 0 atom stereocenters. The first kappa shape index (κ1) is 10.9. The summed E-state index contributed by atoms with van der Waals surface area (Å²) in [5, 5.41) is 1.03. The Morgan fingerprint density at radius 3 is 2.56 bits per heavy atom. The zero-order valence-corrected chi connectivity index (χ0v) is 10.2. The van der Waals surface area contributed by atoms with E-state index in [0.29, 0.717) is 0 Å². The van der Waals surface area contributed by atoms with Crippen molar-refractivity contribution in [3.8, 4) is 0 Å². The van der Waals surface area contributed by atoms with Crippen LogP contribution < -0.4 is 0 Å². The van der Waals surface area contributed by atoms with Crippen molar-refractivity contribution >= 4 is 16.7 Å². The number of rotatable bonds is 1. The highest BCUT2D eigenvalue weighted by molar-refractivity contribution is 6.10. The molecule has 1 heterocycles. The molecule has 1 aromatic carbocycles. The van der Waals surface area contributed by atoms with Gasteiger partial charge in [-0.05, 0) is 12.5 Å². The molecule has 84 valence electrons. The fourth-order valence-electron chi connectivity index (χ4n) is 1.90. The highest BCUT2D eigenvalue weighted by Crippen LogP contribution is 2.27. The maximum atomic E-state index is 12.2. The van der Waals surface area contributed by atoms with Crippen LogP contribution in [-0.2, 0) is 0 Å². The first-order valence-electron chi connectivity index (χ1n) is 5.53. The highest BCUT2D eigenvalue weighted by atomic mass is 16.1. The number of H-pyrrole nitrogens is 1. The molecule has 2 nitrogen and oxygen atoms in total. The van der Waals surface area contributed by atoms with Crippen LogP contribution in [0.4, 0.5) is 0 Å². The second-order valence-electron chi connectivity index (χ2n) is 5.28. The average Bonchev–Trinajstić information content (AvgIpc) is 2.60. The number of fused-ring (bicyclic) bond motifs is 1. The van der Waals surface area contributed by atoms with Crippen molar-refractivity contribution in [2.45, 2.75) is 27.7 Å². The molecule has 0 spiro atoms. The lowest BCUT2D eigenvalue weighted by Gasteiger charge is -2.15. The van der Waals surface area contributed by atoms with Crippen LogP contribution in [0.3, 0.4) is 0 Å². The predicted octanol–water partition coefficient (Wildman–Crippen LogP) is 3.71. The van der Waals surface area contributed by atoms with Gasteiger partial charge in [0, 0.05) is 28.1 Å². The third-order valence-corrected chi connectivity index (χ3v) is 2.85. The van der Waals surface area contributed by atoms with Crippen LogP contribution in [0, 0.1) is 12.3 Å². The number of aromatic amines is 1. The van der Waals surface area contributed by atoms with Gasteiger partial charge in [0.05, 0.1) is 0 Å². The number of aryl methyl sites for hydroxylation is 1. The van der Waals surface area contributed by atoms with Crippen molar-refractivity contribution in [1.82, 2.24) is 4.98 Å². The molecule has 0 saturated heterocycles. The smallest absolute Gasteiger partial charge is 0.170 e. The molecule has 0 radical (unpaired) electrons. The lowest BCUT2D eigenvalue weighted by Crippen LogP contribution is -2.19. The topological polar surface area (TPSA) is 32.9 Å². The van der Waals surface area contributed by atoms with Crippen LogP contribution in [0.25, 0.3) is 10.9 Å². The van der Waals surface area contributed by atoms with E-state index in [-0.39, 0.29) is 11.2 Å². The van der Waals surface area contributed by atoms with Crippen molar-refractivity contribution < 1.29 is 4.79 Å². The molecule has 0 aliphatic rings. The number of Topliss-reactive ketones (excluding diaryl/α,β-unsaturated/α-hetero) is 1. The first-order chi connectivity index (χ1) is 7.41. The van der Waals surface area contributed by atoms with Crippen molar-refractivity contribution in [2.75, 3.05) is 0 Å². The second-order valence-corrected chi connectivity index (χ2v) is 5.28. The predicted molar refractivity (Wildman–Crippen MR) is 66.8 cm³/mol. The monoisotopic (exact) mass is 215 g/mol. The van der Waals surface area contributed by atoms with Gasteiger partial charge in [-0.3, -0.25) is 4.79 Å². The van der Waals surface area contributed by atoms with Crippen LogP contribution in [0.15, 0.2) is 24.4 Å². The van der Waals surface area contributed by atoms with Gasteiger partial charge in [0.25, 0.3) is 0 Å². The van der Waals surface area contributed by atoms with E-state index in [1.54, 1.807) is 0 Å². The molecule has 0 unspecified atom stereocenters. The van der Waals surface area contributed by atoms with E-state index in [1.165, 1.54) is 5.56 Å². The number of nitrogens with one attached hydrogen (secondary N) is 1. The summed E-state index contributed by atoms with van der Waals surface area (Å²) in [6.07, 6.45) is 1.82. The molecular weight excluding hydrogens is 198 g/mol. The summed E-state index contributed by atoms with van der Waals surface area (Å²) in [7, 11) is 0. The molecule has 0 fully saturated rings. The average molecular weight is 215 g/mol. The fraction of sp³-hybridized carbons (Fsp3) is 0.357. The van der Waals surface area contributed by atoms with Gasteiger partial charge in [-0.15, -0.1) is 0 Å². The molecule has 2 rings (SSSR count). The summed E-state index contributed by atoms with van der Waals surface area (Å²) in [4.78, 5) is 15.4. The van der Waals surface area contributed by atoms with E-state index in [0.717, 1.165) is 16.5 Å². The number of carbonyl (C=O) groups is 1. The van der Waals surface area contributed by atoms with E-state index in [1.807, 2.05) is 52.1 Å². The zero-order valence-electron chi connectivity index (χ0n) is 10.2. The Morgan fingerprint density at radius 2 is 1.94 bits per heavy atom. The number of hydrogen-bond donors (Lipinski definition) is 1. The van der Waals surface area contributed by atoms with Crippen molar-refractivity contribution in [3.63, 3.8) is 0 Å². The maximum Gasteiger partial charge on any atom is 0.170 e. The molecule has 2 aromatic rings.